The van der Waals surface area contributed by atoms with Crippen LogP contribution in [-0.2, 0) is 13.5 Å². The average Bonchev–Trinajstić information content (AvgIpc) is 2.84. The quantitative estimate of drug-likeness (QED) is 0.671. The summed E-state index contributed by atoms with van der Waals surface area (Å²) in [6.07, 6.45) is 2.77. The van der Waals surface area contributed by atoms with Crippen molar-refractivity contribution in [2.75, 3.05) is 0 Å². The van der Waals surface area contributed by atoms with Gasteiger partial charge in [-0.1, -0.05) is 0 Å². The van der Waals surface area contributed by atoms with Crippen molar-refractivity contribution in [2.45, 2.75) is 12.5 Å². The minimum atomic E-state index is 0.0618. The summed E-state index contributed by atoms with van der Waals surface area (Å²) in [4.78, 5) is 1.28. The van der Waals surface area contributed by atoms with E-state index in [1.54, 1.807) is 16.0 Å². The van der Waals surface area contributed by atoms with Crippen molar-refractivity contribution in [1.82, 2.24) is 15.2 Å². The predicted octanol–water partition coefficient (Wildman–Crippen LogP) is 1.99. The Hall–Kier alpha value is -0.690. The lowest BCUT2D eigenvalue weighted by Crippen LogP contribution is -2.29. The first-order valence-corrected chi connectivity index (χ1v) is 6.55. The number of hydrogen-bond acceptors (Lipinski definition) is 4. The van der Waals surface area contributed by atoms with Gasteiger partial charge in [0.15, 0.2) is 0 Å². The molecule has 0 aliphatic heterocycles. The van der Waals surface area contributed by atoms with E-state index in [1.165, 1.54) is 4.88 Å². The maximum atomic E-state index is 5.56. The van der Waals surface area contributed by atoms with Crippen molar-refractivity contribution in [1.29, 1.82) is 0 Å². The number of hydrazine groups is 1. The molecule has 0 saturated carbocycles. The summed E-state index contributed by atoms with van der Waals surface area (Å²) in [5, 5.41) is 6.42. The molecule has 0 amide bonds. The van der Waals surface area contributed by atoms with Crippen molar-refractivity contribution >= 4 is 27.3 Å². The third-order valence-electron chi connectivity index (χ3n) is 2.32. The van der Waals surface area contributed by atoms with Gasteiger partial charge in [-0.3, -0.25) is 16.0 Å². The first-order valence-electron chi connectivity index (χ1n) is 4.87. The zero-order valence-electron chi connectivity index (χ0n) is 8.85. The van der Waals surface area contributed by atoms with E-state index in [-0.39, 0.29) is 6.04 Å². The number of rotatable bonds is 4. The molecule has 0 spiro atoms. The highest BCUT2D eigenvalue weighted by Crippen LogP contribution is 2.24. The van der Waals surface area contributed by atoms with Crippen molar-refractivity contribution in [3.63, 3.8) is 0 Å². The topological polar surface area (TPSA) is 55.9 Å². The Kier molecular flexibility index (Phi) is 3.75. The smallest absolute Gasteiger partial charge is 0.0811 e. The number of aromatic nitrogens is 2. The normalized spacial score (nSPS) is 12.9. The number of thiophene rings is 1. The van der Waals surface area contributed by atoms with Crippen LogP contribution in [0.3, 0.4) is 0 Å². The van der Waals surface area contributed by atoms with E-state index in [2.05, 4.69) is 37.9 Å². The Morgan fingerprint density at radius 3 is 3.00 bits per heavy atom. The first-order chi connectivity index (χ1) is 7.69. The maximum Gasteiger partial charge on any atom is 0.0811 e. The number of aryl methyl sites for hydroxylation is 1. The van der Waals surface area contributed by atoms with E-state index >= 15 is 0 Å². The van der Waals surface area contributed by atoms with Crippen LogP contribution in [0.5, 0.6) is 0 Å². The molecule has 1 unspecified atom stereocenters. The molecule has 6 heteroatoms. The maximum absolute atomic E-state index is 5.56. The zero-order chi connectivity index (χ0) is 11.5. The van der Waals surface area contributed by atoms with Crippen LogP contribution in [0.2, 0.25) is 0 Å². The standard InChI is InChI=1S/C10H13BrN4S/c1-15-3-2-9(14-15)10(13-12)5-8-4-7(11)6-16-8/h2-4,6,10,13H,5,12H2,1H3. The molecule has 0 bridgehead atoms. The van der Waals surface area contributed by atoms with Gasteiger partial charge in [-0.05, 0) is 28.1 Å². The van der Waals surface area contributed by atoms with Crippen LogP contribution >= 0.6 is 27.3 Å². The van der Waals surface area contributed by atoms with Crippen molar-refractivity contribution < 1.29 is 0 Å². The monoisotopic (exact) mass is 300 g/mol. The molecule has 0 aromatic carbocycles. The summed E-state index contributed by atoms with van der Waals surface area (Å²) in [6.45, 7) is 0. The number of nitrogens with two attached hydrogens (primary N) is 1. The Bertz CT molecular complexity index is 465. The van der Waals surface area contributed by atoms with Gasteiger partial charge in [0, 0.05) is 34.4 Å². The molecule has 0 radical (unpaired) electrons. The van der Waals surface area contributed by atoms with Gasteiger partial charge in [0.2, 0.25) is 0 Å². The molecule has 16 heavy (non-hydrogen) atoms. The molecule has 0 fully saturated rings. The molecule has 86 valence electrons. The zero-order valence-corrected chi connectivity index (χ0v) is 11.3. The van der Waals surface area contributed by atoms with Gasteiger partial charge in [-0.2, -0.15) is 5.10 Å². The molecule has 2 aromatic heterocycles. The second-order valence-electron chi connectivity index (χ2n) is 3.57. The largest absolute Gasteiger partial charge is 0.275 e. The highest BCUT2D eigenvalue weighted by molar-refractivity contribution is 9.10. The highest BCUT2D eigenvalue weighted by Gasteiger charge is 2.14. The van der Waals surface area contributed by atoms with E-state index in [9.17, 15) is 0 Å². The van der Waals surface area contributed by atoms with Crippen LogP contribution in [-0.4, -0.2) is 9.78 Å². The lowest BCUT2D eigenvalue weighted by atomic mass is 10.1. The first kappa shape index (κ1) is 11.8. The molecule has 1 atom stereocenters. The van der Waals surface area contributed by atoms with E-state index in [4.69, 9.17) is 5.84 Å². The van der Waals surface area contributed by atoms with E-state index in [1.807, 2.05) is 19.3 Å². The van der Waals surface area contributed by atoms with Crippen LogP contribution in [0.4, 0.5) is 0 Å². The minimum Gasteiger partial charge on any atom is -0.275 e. The van der Waals surface area contributed by atoms with E-state index in [0.717, 1.165) is 16.6 Å². The minimum absolute atomic E-state index is 0.0618. The lowest BCUT2D eigenvalue weighted by molar-refractivity contribution is 0.532. The van der Waals surface area contributed by atoms with Crippen molar-refractivity contribution in [2.24, 2.45) is 12.9 Å². The molecular weight excluding hydrogens is 288 g/mol. The van der Waals surface area contributed by atoms with Gasteiger partial charge >= 0.3 is 0 Å². The van der Waals surface area contributed by atoms with Gasteiger partial charge in [0.25, 0.3) is 0 Å². The third-order valence-corrected chi connectivity index (χ3v) is 4.04. The van der Waals surface area contributed by atoms with E-state index in [0.29, 0.717) is 0 Å². The Balaban J connectivity index is 2.12. The molecule has 2 heterocycles. The summed E-state index contributed by atoms with van der Waals surface area (Å²) in [5.74, 6) is 5.56. The van der Waals surface area contributed by atoms with Crippen LogP contribution in [0.1, 0.15) is 16.6 Å². The SMILES string of the molecule is Cn1ccc(C(Cc2cc(Br)cs2)NN)n1. The fourth-order valence-corrected chi connectivity index (χ4v) is 3.03. The molecule has 4 nitrogen and oxygen atoms in total. The third kappa shape index (κ3) is 2.70. The molecule has 0 aliphatic rings. The number of nitrogens with one attached hydrogen (secondary N) is 1. The van der Waals surface area contributed by atoms with Gasteiger partial charge in [-0.15, -0.1) is 11.3 Å². The van der Waals surface area contributed by atoms with Crippen LogP contribution in [0, 0.1) is 0 Å². The molecule has 3 N–H and O–H groups in total. The van der Waals surface area contributed by atoms with Gasteiger partial charge in [0.05, 0.1) is 11.7 Å². The van der Waals surface area contributed by atoms with Crippen molar-refractivity contribution in [3.05, 3.63) is 38.8 Å². The number of hydrogen-bond donors (Lipinski definition) is 2. The van der Waals surface area contributed by atoms with Crippen molar-refractivity contribution in [3.8, 4) is 0 Å². The molecular formula is C10H13BrN4S. The predicted molar refractivity (Wildman–Crippen MR) is 69.0 cm³/mol. The molecule has 2 aromatic rings. The van der Waals surface area contributed by atoms with Gasteiger partial charge in [0.1, 0.15) is 0 Å². The summed E-state index contributed by atoms with van der Waals surface area (Å²) >= 11 is 5.16. The fraction of sp³-hybridized carbons (Fsp3) is 0.300. The average molecular weight is 301 g/mol. The summed E-state index contributed by atoms with van der Waals surface area (Å²) in [5.41, 5.74) is 3.77. The fourth-order valence-electron chi connectivity index (χ4n) is 1.53. The van der Waals surface area contributed by atoms with Crippen LogP contribution in [0.25, 0.3) is 0 Å². The van der Waals surface area contributed by atoms with Crippen LogP contribution in [0.15, 0.2) is 28.2 Å². The Morgan fingerprint density at radius 2 is 2.50 bits per heavy atom. The second-order valence-corrected chi connectivity index (χ2v) is 5.48. The van der Waals surface area contributed by atoms with Gasteiger partial charge in [-0.25, -0.2) is 0 Å². The Labute approximate surface area is 107 Å². The highest BCUT2D eigenvalue weighted by atomic mass is 79.9. The summed E-state index contributed by atoms with van der Waals surface area (Å²) < 4.78 is 2.90. The van der Waals surface area contributed by atoms with E-state index < -0.39 is 0 Å². The van der Waals surface area contributed by atoms with Crippen LogP contribution < -0.4 is 11.3 Å². The summed E-state index contributed by atoms with van der Waals surface area (Å²) in [7, 11) is 1.90. The molecule has 2 rings (SSSR count). The second kappa shape index (κ2) is 5.09. The molecule has 0 aliphatic carbocycles. The number of halogens is 1. The van der Waals surface area contributed by atoms with Gasteiger partial charge < -0.3 is 0 Å². The molecule has 0 saturated heterocycles. The Morgan fingerprint density at radius 1 is 1.69 bits per heavy atom. The summed E-state index contributed by atoms with van der Waals surface area (Å²) in [6, 6.07) is 4.15. The lowest BCUT2D eigenvalue weighted by Gasteiger charge is -2.11. The number of nitrogens with zero attached hydrogens (tertiary/aromatic N) is 2.